The predicted octanol–water partition coefficient (Wildman–Crippen LogP) is -0.121. The van der Waals surface area contributed by atoms with E-state index >= 15 is 0 Å². The Morgan fingerprint density at radius 3 is 2.44 bits per heavy atom. The van der Waals surface area contributed by atoms with Crippen molar-refractivity contribution < 1.29 is 14.7 Å². The number of hydrogen-bond donors (Lipinski definition) is 2. The van der Waals surface area contributed by atoms with Crippen LogP contribution in [0.4, 0.5) is 0 Å². The Bertz CT molecular complexity index is 463. The van der Waals surface area contributed by atoms with Crippen LogP contribution in [-0.4, -0.2) is 90.6 Å². The summed E-state index contributed by atoms with van der Waals surface area (Å²) in [5, 5.41) is 10.7. The molecule has 0 aromatic heterocycles. The first-order valence-corrected chi connectivity index (χ1v) is 9.46. The van der Waals surface area contributed by atoms with Gasteiger partial charge in [0.25, 0.3) is 0 Å². The first-order valence-electron chi connectivity index (χ1n) is 9.46. The molecule has 144 valence electrons. The first kappa shape index (κ1) is 20.1. The Balaban J connectivity index is 1.73. The number of rotatable bonds is 6. The average Bonchev–Trinajstić information content (AvgIpc) is 2.74. The van der Waals surface area contributed by atoms with Gasteiger partial charge in [-0.05, 0) is 59.3 Å². The van der Waals surface area contributed by atoms with Crippen LogP contribution in [0.2, 0.25) is 0 Å². The van der Waals surface area contributed by atoms with E-state index in [0.717, 1.165) is 51.9 Å². The molecule has 2 fully saturated rings. The molecular weight excluding hydrogens is 320 g/mol. The number of carbonyl (C=O) groups is 2. The molecule has 2 aliphatic heterocycles. The minimum absolute atomic E-state index is 0.00747. The first-order chi connectivity index (χ1) is 11.8. The Kier molecular flexibility index (Phi) is 7.22. The average molecular weight is 354 g/mol. The van der Waals surface area contributed by atoms with Crippen molar-refractivity contribution in [2.75, 3.05) is 53.4 Å². The number of likely N-dealkylation sites (tertiary alicyclic amines) is 2. The van der Waals surface area contributed by atoms with Crippen LogP contribution in [0.1, 0.15) is 38.5 Å². The van der Waals surface area contributed by atoms with Crippen molar-refractivity contribution >= 4 is 11.8 Å². The summed E-state index contributed by atoms with van der Waals surface area (Å²) in [5.74, 6) is -0.0384. The molecule has 7 nitrogen and oxygen atoms in total. The summed E-state index contributed by atoms with van der Waals surface area (Å²) in [6, 6.07) is 0. The van der Waals surface area contributed by atoms with Gasteiger partial charge in [-0.25, -0.2) is 0 Å². The molecule has 0 aliphatic carbocycles. The molecule has 0 radical (unpaired) electrons. The van der Waals surface area contributed by atoms with Crippen molar-refractivity contribution in [1.82, 2.24) is 14.7 Å². The quantitative estimate of drug-likeness (QED) is 0.694. The van der Waals surface area contributed by atoms with Crippen LogP contribution < -0.4 is 5.73 Å². The Hall–Kier alpha value is -1.18. The van der Waals surface area contributed by atoms with Crippen molar-refractivity contribution in [3.63, 3.8) is 0 Å². The molecule has 0 bridgehead atoms. The van der Waals surface area contributed by atoms with E-state index in [9.17, 15) is 14.7 Å². The molecular formula is C18H34N4O3. The van der Waals surface area contributed by atoms with Gasteiger partial charge in [-0.15, -0.1) is 0 Å². The highest BCUT2D eigenvalue weighted by atomic mass is 16.3. The molecule has 0 saturated carbocycles. The van der Waals surface area contributed by atoms with Crippen LogP contribution in [0, 0.1) is 5.92 Å². The molecule has 2 heterocycles. The summed E-state index contributed by atoms with van der Waals surface area (Å²) >= 11 is 0. The van der Waals surface area contributed by atoms with Crippen LogP contribution >= 0.6 is 0 Å². The van der Waals surface area contributed by atoms with Gasteiger partial charge < -0.3 is 25.5 Å². The molecule has 2 aliphatic rings. The molecule has 25 heavy (non-hydrogen) atoms. The van der Waals surface area contributed by atoms with E-state index in [1.54, 1.807) is 0 Å². The van der Waals surface area contributed by atoms with E-state index in [0.29, 0.717) is 25.9 Å². The lowest BCUT2D eigenvalue weighted by Crippen LogP contribution is -2.42. The molecule has 2 saturated heterocycles. The number of carbonyl (C=O) groups excluding carboxylic acids is 2. The topological polar surface area (TPSA) is 90.1 Å². The molecule has 2 rings (SSSR count). The van der Waals surface area contributed by atoms with Crippen molar-refractivity contribution in [3.8, 4) is 0 Å². The van der Waals surface area contributed by atoms with Gasteiger partial charge in [0.05, 0.1) is 5.60 Å². The van der Waals surface area contributed by atoms with Gasteiger partial charge in [0.15, 0.2) is 0 Å². The summed E-state index contributed by atoms with van der Waals surface area (Å²) in [4.78, 5) is 29.9. The Morgan fingerprint density at radius 2 is 1.84 bits per heavy atom. The molecule has 7 heteroatoms. The van der Waals surface area contributed by atoms with E-state index in [2.05, 4.69) is 4.90 Å². The van der Waals surface area contributed by atoms with Crippen LogP contribution in [-0.2, 0) is 9.59 Å². The fraction of sp³-hybridized carbons (Fsp3) is 0.889. The minimum Gasteiger partial charge on any atom is -0.388 e. The molecule has 2 amide bonds. The van der Waals surface area contributed by atoms with Gasteiger partial charge in [0.2, 0.25) is 11.8 Å². The largest absolute Gasteiger partial charge is 0.388 e. The SMILES string of the molecule is CN(C)CC1(O)CCCN(C(=O)CCN2CCC(C(N)=O)CC2)CC1. The maximum atomic E-state index is 12.5. The fourth-order valence-corrected chi connectivity index (χ4v) is 4.03. The normalized spacial score (nSPS) is 26.6. The zero-order chi connectivity index (χ0) is 18.4. The Labute approximate surface area is 151 Å². The predicted molar refractivity (Wildman–Crippen MR) is 96.9 cm³/mol. The highest BCUT2D eigenvalue weighted by molar-refractivity contribution is 5.77. The molecule has 1 atom stereocenters. The zero-order valence-corrected chi connectivity index (χ0v) is 15.7. The van der Waals surface area contributed by atoms with E-state index < -0.39 is 5.60 Å². The molecule has 0 aromatic rings. The number of hydrogen-bond acceptors (Lipinski definition) is 5. The maximum absolute atomic E-state index is 12.5. The maximum Gasteiger partial charge on any atom is 0.223 e. The van der Waals surface area contributed by atoms with E-state index in [-0.39, 0.29) is 17.7 Å². The minimum atomic E-state index is -0.685. The zero-order valence-electron chi connectivity index (χ0n) is 15.7. The summed E-state index contributed by atoms with van der Waals surface area (Å²) < 4.78 is 0. The van der Waals surface area contributed by atoms with Crippen LogP contribution in [0.5, 0.6) is 0 Å². The van der Waals surface area contributed by atoms with E-state index in [1.807, 2.05) is 23.9 Å². The molecule has 3 N–H and O–H groups in total. The molecule has 0 aromatic carbocycles. The lowest BCUT2D eigenvalue weighted by molar-refractivity contribution is -0.132. The second-order valence-corrected chi connectivity index (χ2v) is 7.96. The van der Waals surface area contributed by atoms with E-state index in [4.69, 9.17) is 5.73 Å². The number of nitrogens with zero attached hydrogens (tertiary/aromatic N) is 3. The Morgan fingerprint density at radius 1 is 1.16 bits per heavy atom. The number of aliphatic hydroxyl groups is 1. The highest BCUT2D eigenvalue weighted by Crippen LogP contribution is 2.23. The van der Waals surface area contributed by atoms with Gasteiger partial charge in [0.1, 0.15) is 0 Å². The third kappa shape index (κ3) is 6.24. The van der Waals surface area contributed by atoms with Crippen molar-refractivity contribution in [2.45, 2.75) is 44.1 Å². The van der Waals surface area contributed by atoms with Gasteiger partial charge >= 0.3 is 0 Å². The van der Waals surface area contributed by atoms with Crippen LogP contribution in [0.25, 0.3) is 0 Å². The lowest BCUT2D eigenvalue weighted by Gasteiger charge is -2.31. The van der Waals surface area contributed by atoms with Crippen LogP contribution in [0.3, 0.4) is 0 Å². The third-order valence-electron chi connectivity index (χ3n) is 5.51. The van der Waals surface area contributed by atoms with Gasteiger partial charge in [-0.1, -0.05) is 0 Å². The number of likely N-dealkylation sites (N-methyl/N-ethyl adjacent to an activating group) is 1. The standard InChI is InChI=1S/C18H34N4O3/c1-20(2)14-18(25)7-3-9-22(13-8-18)16(23)6-12-21-10-4-15(5-11-21)17(19)24/h15,25H,3-14H2,1-2H3,(H2,19,24). The fourth-order valence-electron chi connectivity index (χ4n) is 4.03. The second kappa shape index (κ2) is 8.96. The number of nitrogens with two attached hydrogens (primary N) is 1. The van der Waals surface area contributed by atoms with Crippen molar-refractivity contribution in [2.24, 2.45) is 11.7 Å². The molecule has 1 unspecified atom stereocenters. The highest BCUT2D eigenvalue weighted by Gasteiger charge is 2.32. The van der Waals surface area contributed by atoms with Crippen molar-refractivity contribution in [1.29, 1.82) is 0 Å². The number of piperidine rings is 1. The second-order valence-electron chi connectivity index (χ2n) is 7.96. The smallest absolute Gasteiger partial charge is 0.223 e. The summed E-state index contributed by atoms with van der Waals surface area (Å²) in [7, 11) is 3.93. The summed E-state index contributed by atoms with van der Waals surface area (Å²) in [6.07, 6.45) is 4.33. The number of amides is 2. The van der Waals surface area contributed by atoms with Gasteiger partial charge in [0, 0.05) is 38.5 Å². The summed E-state index contributed by atoms with van der Waals surface area (Å²) in [6.45, 7) is 4.42. The van der Waals surface area contributed by atoms with Crippen LogP contribution in [0.15, 0.2) is 0 Å². The summed E-state index contributed by atoms with van der Waals surface area (Å²) in [5.41, 5.74) is 4.67. The van der Waals surface area contributed by atoms with Crippen molar-refractivity contribution in [3.05, 3.63) is 0 Å². The van der Waals surface area contributed by atoms with Gasteiger partial charge in [-0.2, -0.15) is 0 Å². The number of primary amides is 1. The lowest BCUT2D eigenvalue weighted by atomic mass is 9.94. The molecule has 0 spiro atoms. The van der Waals surface area contributed by atoms with E-state index in [1.165, 1.54) is 0 Å². The van der Waals surface area contributed by atoms with Gasteiger partial charge in [-0.3, -0.25) is 9.59 Å². The third-order valence-corrected chi connectivity index (χ3v) is 5.51. The monoisotopic (exact) mass is 354 g/mol.